The second kappa shape index (κ2) is 5.53. The minimum atomic E-state index is -4.23. The number of aromatic nitrogens is 2. The van der Waals surface area contributed by atoms with Gasteiger partial charge in [0.2, 0.25) is 0 Å². The van der Waals surface area contributed by atoms with E-state index >= 15 is 0 Å². The van der Waals surface area contributed by atoms with E-state index in [0.717, 1.165) is 4.68 Å². The molecule has 0 fully saturated rings. The first-order chi connectivity index (χ1) is 8.53. The van der Waals surface area contributed by atoms with Crippen molar-refractivity contribution in [3.63, 3.8) is 0 Å². The van der Waals surface area contributed by atoms with Crippen LogP contribution < -0.4 is 5.32 Å². The SMILES string of the molecule is FC(F)(F)Cn1ccc(CNCc2cccs2)n1. The summed E-state index contributed by atoms with van der Waals surface area (Å²) >= 11 is 1.63. The number of alkyl halides is 3. The molecule has 0 unspecified atom stereocenters. The predicted molar refractivity (Wildman–Crippen MR) is 63.1 cm³/mol. The van der Waals surface area contributed by atoms with Crippen LogP contribution in [0.25, 0.3) is 0 Å². The molecule has 0 aliphatic heterocycles. The van der Waals surface area contributed by atoms with E-state index < -0.39 is 12.7 Å². The molecule has 0 bridgehead atoms. The average molecular weight is 275 g/mol. The molecular formula is C11H12F3N3S. The largest absolute Gasteiger partial charge is 0.408 e. The number of nitrogens with zero attached hydrogens (tertiary/aromatic N) is 2. The van der Waals surface area contributed by atoms with E-state index in [1.165, 1.54) is 11.1 Å². The van der Waals surface area contributed by atoms with Gasteiger partial charge in [-0.1, -0.05) is 6.07 Å². The fraction of sp³-hybridized carbons (Fsp3) is 0.364. The third-order valence-corrected chi connectivity index (χ3v) is 3.10. The molecule has 0 atom stereocenters. The van der Waals surface area contributed by atoms with Gasteiger partial charge >= 0.3 is 6.18 Å². The van der Waals surface area contributed by atoms with Gasteiger partial charge in [0, 0.05) is 24.2 Å². The number of halogens is 3. The number of thiophene rings is 1. The fourth-order valence-corrected chi connectivity index (χ4v) is 2.17. The van der Waals surface area contributed by atoms with Crippen LogP contribution in [0.3, 0.4) is 0 Å². The molecule has 98 valence electrons. The van der Waals surface area contributed by atoms with Crippen LogP contribution in [0.2, 0.25) is 0 Å². The smallest absolute Gasteiger partial charge is 0.306 e. The molecule has 0 saturated heterocycles. The van der Waals surface area contributed by atoms with E-state index in [1.807, 2.05) is 17.5 Å². The Kier molecular flexibility index (Phi) is 4.03. The molecule has 2 heterocycles. The van der Waals surface area contributed by atoms with Crippen LogP contribution in [-0.4, -0.2) is 16.0 Å². The third-order valence-electron chi connectivity index (χ3n) is 2.22. The summed E-state index contributed by atoms with van der Waals surface area (Å²) in [7, 11) is 0. The molecule has 3 nitrogen and oxygen atoms in total. The van der Waals surface area contributed by atoms with Crippen molar-refractivity contribution in [2.24, 2.45) is 0 Å². The first kappa shape index (κ1) is 13.1. The van der Waals surface area contributed by atoms with E-state index in [2.05, 4.69) is 10.4 Å². The number of hydrogen-bond donors (Lipinski definition) is 1. The maximum atomic E-state index is 12.1. The van der Waals surface area contributed by atoms with Gasteiger partial charge in [0.05, 0.1) is 5.69 Å². The van der Waals surface area contributed by atoms with Gasteiger partial charge in [-0.25, -0.2) is 0 Å². The van der Waals surface area contributed by atoms with Crippen molar-refractivity contribution < 1.29 is 13.2 Å². The van der Waals surface area contributed by atoms with Crippen LogP contribution in [0.5, 0.6) is 0 Å². The summed E-state index contributed by atoms with van der Waals surface area (Å²) in [6.07, 6.45) is -2.89. The van der Waals surface area contributed by atoms with Crippen LogP contribution in [0.1, 0.15) is 10.6 Å². The maximum Gasteiger partial charge on any atom is 0.408 e. The lowest BCUT2D eigenvalue weighted by molar-refractivity contribution is -0.142. The normalized spacial score (nSPS) is 11.9. The van der Waals surface area contributed by atoms with Crippen molar-refractivity contribution >= 4 is 11.3 Å². The quantitative estimate of drug-likeness (QED) is 0.909. The highest BCUT2D eigenvalue weighted by molar-refractivity contribution is 7.09. The lowest BCUT2D eigenvalue weighted by atomic mass is 10.4. The van der Waals surface area contributed by atoms with Crippen molar-refractivity contribution in [2.45, 2.75) is 25.8 Å². The standard InChI is InChI=1S/C11H12F3N3S/c12-11(13,14)8-17-4-3-9(16-17)6-15-7-10-2-1-5-18-10/h1-5,15H,6-8H2. The van der Waals surface area contributed by atoms with Crippen molar-refractivity contribution in [2.75, 3.05) is 0 Å². The van der Waals surface area contributed by atoms with Crippen LogP contribution in [0.4, 0.5) is 13.2 Å². The highest BCUT2D eigenvalue weighted by atomic mass is 32.1. The Labute approximate surface area is 106 Å². The summed E-state index contributed by atoms with van der Waals surface area (Å²) in [6.45, 7) is 0.116. The zero-order valence-electron chi connectivity index (χ0n) is 9.44. The van der Waals surface area contributed by atoms with Gasteiger partial charge in [0.15, 0.2) is 0 Å². The molecule has 2 aromatic rings. The first-order valence-electron chi connectivity index (χ1n) is 5.35. The Balaban J connectivity index is 1.80. The summed E-state index contributed by atoms with van der Waals surface area (Å²) in [5.74, 6) is 0. The molecule has 0 aliphatic carbocycles. The van der Waals surface area contributed by atoms with Gasteiger partial charge in [0.1, 0.15) is 6.54 Å². The van der Waals surface area contributed by atoms with Crippen LogP contribution in [0, 0.1) is 0 Å². The van der Waals surface area contributed by atoms with Gasteiger partial charge in [-0.2, -0.15) is 18.3 Å². The average Bonchev–Trinajstić information content (AvgIpc) is 2.88. The molecule has 0 radical (unpaired) electrons. The Morgan fingerprint density at radius 1 is 1.28 bits per heavy atom. The summed E-state index contributed by atoms with van der Waals surface area (Å²) in [5, 5.41) is 8.97. The first-order valence-corrected chi connectivity index (χ1v) is 6.23. The van der Waals surface area contributed by atoms with Gasteiger partial charge in [-0.05, 0) is 17.5 Å². The second-order valence-corrected chi connectivity index (χ2v) is 4.83. The zero-order valence-corrected chi connectivity index (χ0v) is 10.3. The second-order valence-electron chi connectivity index (χ2n) is 3.80. The van der Waals surface area contributed by atoms with Gasteiger partial charge in [-0.3, -0.25) is 4.68 Å². The summed E-state index contributed by atoms with van der Waals surface area (Å²) in [5.41, 5.74) is 0.607. The highest BCUT2D eigenvalue weighted by Crippen LogP contribution is 2.16. The van der Waals surface area contributed by atoms with E-state index in [4.69, 9.17) is 0 Å². The molecule has 0 aromatic carbocycles. The molecule has 2 aromatic heterocycles. The predicted octanol–water partition coefficient (Wildman–Crippen LogP) is 2.80. The Bertz CT molecular complexity index is 476. The van der Waals surface area contributed by atoms with Crippen molar-refractivity contribution in [1.29, 1.82) is 0 Å². The van der Waals surface area contributed by atoms with E-state index in [1.54, 1.807) is 17.4 Å². The van der Waals surface area contributed by atoms with Gasteiger partial charge < -0.3 is 5.32 Å². The Hall–Kier alpha value is -1.34. The lowest BCUT2D eigenvalue weighted by Gasteiger charge is -2.05. The molecule has 18 heavy (non-hydrogen) atoms. The summed E-state index contributed by atoms with van der Waals surface area (Å²) in [6, 6.07) is 5.55. The molecule has 7 heteroatoms. The number of hydrogen-bond acceptors (Lipinski definition) is 3. The monoisotopic (exact) mass is 275 g/mol. The molecule has 1 N–H and O–H groups in total. The minimum absolute atomic E-state index is 0.461. The third kappa shape index (κ3) is 4.15. The Morgan fingerprint density at radius 3 is 2.78 bits per heavy atom. The zero-order chi connectivity index (χ0) is 13.0. The fourth-order valence-electron chi connectivity index (χ4n) is 1.50. The maximum absolute atomic E-state index is 12.1. The lowest BCUT2D eigenvalue weighted by Crippen LogP contribution is -2.18. The van der Waals surface area contributed by atoms with Crippen LogP contribution >= 0.6 is 11.3 Å². The minimum Gasteiger partial charge on any atom is -0.306 e. The highest BCUT2D eigenvalue weighted by Gasteiger charge is 2.28. The van der Waals surface area contributed by atoms with E-state index in [-0.39, 0.29) is 0 Å². The summed E-state index contributed by atoms with van der Waals surface area (Å²) < 4.78 is 37.2. The molecular weight excluding hydrogens is 263 g/mol. The molecule has 0 saturated carbocycles. The topological polar surface area (TPSA) is 29.9 Å². The molecule has 2 rings (SSSR count). The Morgan fingerprint density at radius 2 is 2.11 bits per heavy atom. The number of rotatable bonds is 5. The van der Waals surface area contributed by atoms with Gasteiger partial charge in [0.25, 0.3) is 0 Å². The molecule has 0 spiro atoms. The van der Waals surface area contributed by atoms with Crippen LogP contribution in [0.15, 0.2) is 29.8 Å². The van der Waals surface area contributed by atoms with E-state index in [0.29, 0.717) is 18.8 Å². The molecule has 0 aliphatic rings. The van der Waals surface area contributed by atoms with Crippen molar-refractivity contribution in [1.82, 2.24) is 15.1 Å². The van der Waals surface area contributed by atoms with Crippen LogP contribution in [-0.2, 0) is 19.6 Å². The van der Waals surface area contributed by atoms with Gasteiger partial charge in [-0.15, -0.1) is 11.3 Å². The summed E-state index contributed by atoms with van der Waals surface area (Å²) in [4.78, 5) is 1.18. The van der Waals surface area contributed by atoms with Crippen molar-refractivity contribution in [3.8, 4) is 0 Å². The molecule has 0 amide bonds. The van der Waals surface area contributed by atoms with Crippen molar-refractivity contribution in [3.05, 3.63) is 40.3 Å². The number of nitrogens with one attached hydrogen (secondary N) is 1. The van der Waals surface area contributed by atoms with E-state index in [9.17, 15) is 13.2 Å².